The normalized spacial score (nSPS) is 17.2. The smallest absolute Gasteiger partial charge is 0.314 e. The molecule has 0 aromatic heterocycles. The molecule has 0 amide bonds. The highest BCUT2D eigenvalue weighted by Crippen LogP contribution is 2.42. The maximum atomic E-state index is 14.8. The fourth-order valence-electron chi connectivity index (χ4n) is 5.11. The van der Waals surface area contributed by atoms with Crippen molar-refractivity contribution >= 4 is 5.97 Å². The minimum atomic E-state index is -2.40. The summed E-state index contributed by atoms with van der Waals surface area (Å²) in [5.41, 5.74) is -4.06. The molecule has 1 saturated carbocycles. The summed E-state index contributed by atoms with van der Waals surface area (Å²) in [6.07, 6.45) is 9.97. The first kappa shape index (κ1) is 31.7. The Hall–Kier alpha value is -2.85. The molecule has 1 aliphatic carbocycles. The number of esters is 1. The molecule has 0 aliphatic heterocycles. The van der Waals surface area contributed by atoms with E-state index in [1.165, 1.54) is 26.2 Å². The number of carbonyl (C=O) groups is 1. The van der Waals surface area contributed by atoms with Gasteiger partial charge in [0.15, 0.2) is 29.0 Å². The number of benzene rings is 2. The molecule has 3 nitrogen and oxygen atoms in total. The molecular weight excluding hydrogens is 548 g/mol. The molecule has 40 heavy (non-hydrogen) atoms. The molecule has 0 atom stereocenters. The maximum absolute atomic E-state index is 14.8. The fraction of sp³-hybridized carbons (Fsp3) is 0.552. The van der Waals surface area contributed by atoms with Crippen LogP contribution in [0.3, 0.4) is 0 Å². The first-order valence-electron chi connectivity index (χ1n) is 13.6. The lowest BCUT2D eigenvalue weighted by atomic mass is 9.79. The second-order valence-electron chi connectivity index (χ2n) is 10.0. The summed E-state index contributed by atoms with van der Waals surface area (Å²) < 4.78 is 126. The summed E-state index contributed by atoms with van der Waals surface area (Å²) in [6, 6.07) is 0. The third-order valence-corrected chi connectivity index (χ3v) is 7.33. The van der Waals surface area contributed by atoms with Crippen molar-refractivity contribution in [3.8, 4) is 22.6 Å². The van der Waals surface area contributed by atoms with E-state index in [0.717, 1.165) is 25.7 Å². The molecule has 0 spiro atoms. The van der Waals surface area contributed by atoms with Crippen LogP contribution in [0.1, 0.15) is 84.5 Å². The highest BCUT2D eigenvalue weighted by molar-refractivity contribution is 5.76. The van der Waals surface area contributed by atoms with Gasteiger partial charge in [-0.1, -0.05) is 51.9 Å². The molecule has 0 heterocycles. The van der Waals surface area contributed by atoms with Gasteiger partial charge in [0.1, 0.15) is 0 Å². The highest BCUT2D eigenvalue weighted by Gasteiger charge is 2.37. The number of carbonyl (C=O) groups excluding carboxylic acids is 1. The van der Waals surface area contributed by atoms with Gasteiger partial charge in [-0.05, 0) is 38.5 Å². The van der Waals surface area contributed by atoms with Crippen molar-refractivity contribution in [2.75, 3.05) is 6.61 Å². The third kappa shape index (κ3) is 6.71. The fourth-order valence-corrected chi connectivity index (χ4v) is 5.11. The molecule has 1 fully saturated rings. The number of rotatable bonds is 12. The first-order chi connectivity index (χ1) is 19.0. The lowest BCUT2D eigenvalue weighted by Gasteiger charge is -2.27. The van der Waals surface area contributed by atoms with Gasteiger partial charge in [-0.3, -0.25) is 4.79 Å². The molecule has 0 radical (unpaired) electrons. The Kier molecular flexibility index (Phi) is 11.2. The van der Waals surface area contributed by atoms with Crippen molar-refractivity contribution in [2.24, 2.45) is 11.8 Å². The monoisotopic (exact) mass is 580 g/mol. The summed E-state index contributed by atoms with van der Waals surface area (Å²) in [4.78, 5) is 12.6. The van der Waals surface area contributed by atoms with Crippen LogP contribution in [0, 0.1) is 58.4 Å². The van der Waals surface area contributed by atoms with E-state index in [-0.39, 0.29) is 0 Å². The van der Waals surface area contributed by atoms with Crippen LogP contribution >= 0.6 is 0 Å². The molecular formula is C29H32F8O3. The van der Waals surface area contributed by atoms with Gasteiger partial charge in [-0.15, -0.1) is 0 Å². The molecule has 0 bridgehead atoms. The average Bonchev–Trinajstić information content (AvgIpc) is 2.95. The van der Waals surface area contributed by atoms with Crippen molar-refractivity contribution in [2.45, 2.75) is 84.5 Å². The Balaban J connectivity index is 1.76. The van der Waals surface area contributed by atoms with Crippen LogP contribution in [0.4, 0.5) is 35.1 Å². The number of unbranched alkanes of at least 4 members (excludes halogenated alkanes) is 5. The van der Waals surface area contributed by atoms with Crippen molar-refractivity contribution in [1.29, 1.82) is 0 Å². The number of halogens is 8. The highest BCUT2D eigenvalue weighted by atomic mass is 19.2. The van der Waals surface area contributed by atoms with E-state index in [9.17, 15) is 39.9 Å². The molecule has 11 heteroatoms. The minimum Gasteiger partial charge on any atom is -0.488 e. The standard InChI is InChI=1S/C29H32F8O3/c1-3-5-6-7-8-9-10-15-11-13-16(14-12-15)29(38)40-28-25(36)21(32)18(22(33)26(28)37)17-19(30)23(34)27(39-4-2)24(35)20(17)31/h15-16H,3-14H2,1-2H3/t15-,16-. The van der Waals surface area contributed by atoms with Crippen molar-refractivity contribution < 1.29 is 49.4 Å². The van der Waals surface area contributed by atoms with Crippen LogP contribution in [0.25, 0.3) is 11.1 Å². The zero-order valence-electron chi connectivity index (χ0n) is 22.4. The third-order valence-electron chi connectivity index (χ3n) is 7.33. The predicted molar refractivity (Wildman–Crippen MR) is 132 cm³/mol. The van der Waals surface area contributed by atoms with Gasteiger partial charge in [0, 0.05) is 0 Å². The Labute approximate surface area is 227 Å². The Morgan fingerprint density at radius 1 is 0.625 bits per heavy atom. The van der Waals surface area contributed by atoms with Gasteiger partial charge in [0.2, 0.25) is 29.0 Å². The zero-order valence-corrected chi connectivity index (χ0v) is 22.4. The Morgan fingerprint density at radius 2 is 1.07 bits per heavy atom. The van der Waals surface area contributed by atoms with E-state index in [1.54, 1.807) is 0 Å². The number of ether oxygens (including phenoxy) is 2. The first-order valence-corrected chi connectivity index (χ1v) is 13.6. The van der Waals surface area contributed by atoms with Gasteiger partial charge in [-0.2, -0.15) is 17.6 Å². The van der Waals surface area contributed by atoms with Gasteiger partial charge < -0.3 is 9.47 Å². The van der Waals surface area contributed by atoms with E-state index in [1.807, 2.05) is 0 Å². The second kappa shape index (κ2) is 14.2. The molecule has 222 valence electrons. The summed E-state index contributed by atoms with van der Waals surface area (Å²) in [6.45, 7) is 2.97. The van der Waals surface area contributed by atoms with Gasteiger partial charge in [0.05, 0.1) is 23.7 Å². The van der Waals surface area contributed by atoms with E-state index < -0.39 is 87.7 Å². The molecule has 0 N–H and O–H groups in total. The van der Waals surface area contributed by atoms with E-state index in [4.69, 9.17) is 0 Å². The minimum absolute atomic E-state index is 0.354. The van der Waals surface area contributed by atoms with Crippen molar-refractivity contribution in [3.05, 3.63) is 46.5 Å². The van der Waals surface area contributed by atoms with E-state index in [0.29, 0.717) is 31.6 Å². The predicted octanol–water partition coefficient (Wildman–Crippen LogP) is 9.33. The SMILES string of the molecule is CCCCCCCC[C@H]1CC[C@H](C(=O)Oc2c(F)c(F)c(-c3c(F)c(F)c(OCC)c(F)c3F)c(F)c2F)CC1. The van der Waals surface area contributed by atoms with Crippen LogP contribution in [0.15, 0.2) is 0 Å². The summed E-state index contributed by atoms with van der Waals surface area (Å²) in [5.74, 6) is -23.1. The summed E-state index contributed by atoms with van der Waals surface area (Å²) in [5, 5.41) is 0. The van der Waals surface area contributed by atoms with Gasteiger partial charge >= 0.3 is 5.97 Å². The van der Waals surface area contributed by atoms with Gasteiger partial charge in [0.25, 0.3) is 0 Å². The maximum Gasteiger partial charge on any atom is 0.314 e. The Bertz CT molecular complexity index is 1150. The number of hydrogen-bond donors (Lipinski definition) is 0. The number of hydrogen-bond acceptors (Lipinski definition) is 3. The van der Waals surface area contributed by atoms with Crippen molar-refractivity contribution in [3.63, 3.8) is 0 Å². The lowest BCUT2D eigenvalue weighted by molar-refractivity contribution is -0.140. The van der Waals surface area contributed by atoms with Crippen LogP contribution in [-0.2, 0) is 4.79 Å². The summed E-state index contributed by atoms with van der Waals surface area (Å²) in [7, 11) is 0. The second-order valence-corrected chi connectivity index (χ2v) is 10.0. The van der Waals surface area contributed by atoms with E-state index in [2.05, 4.69) is 16.4 Å². The molecule has 2 aromatic rings. The van der Waals surface area contributed by atoms with Crippen LogP contribution < -0.4 is 9.47 Å². The lowest BCUT2D eigenvalue weighted by Crippen LogP contribution is -2.26. The molecule has 0 saturated heterocycles. The molecule has 0 unspecified atom stereocenters. The van der Waals surface area contributed by atoms with Gasteiger partial charge in [-0.25, -0.2) is 17.6 Å². The van der Waals surface area contributed by atoms with Crippen LogP contribution in [-0.4, -0.2) is 12.6 Å². The largest absolute Gasteiger partial charge is 0.488 e. The zero-order chi connectivity index (χ0) is 29.6. The molecule has 3 rings (SSSR count). The van der Waals surface area contributed by atoms with Crippen LogP contribution in [0.5, 0.6) is 11.5 Å². The molecule has 2 aromatic carbocycles. The van der Waals surface area contributed by atoms with Crippen molar-refractivity contribution in [1.82, 2.24) is 0 Å². The topological polar surface area (TPSA) is 35.5 Å². The van der Waals surface area contributed by atoms with Crippen LogP contribution in [0.2, 0.25) is 0 Å². The quantitative estimate of drug-likeness (QED) is 0.0825. The Morgan fingerprint density at radius 3 is 1.55 bits per heavy atom. The van der Waals surface area contributed by atoms with E-state index >= 15 is 0 Å². The average molecular weight is 581 g/mol. The molecule has 1 aliphatic rings. The summed E-state index contributed by atoms with van der Waals surface area (Å²) >= 11 is 0.